The minimum Gasteiger partial charge on any atom is -0.380 e. The molecular weight excluding hydrogens is 240 g/mol. The van der Waals surface area contributed by atoms with Crippen LogP contribution in [0.1, 0.15) is 36.4 Å². The number of methoxy groups -OCH3 is 1. The average Bonchev–Trinajstić information content (AvgIpc) is 2.51. The molecule has 1 aromatic rings. The maximum absolute atomic E-state index is 12.0. The number of benzene rings is 1. The Hall–Kier alpha value is -1.39. The van der Waals surface area contributed by atoms with Crippen molar-refractivity contribution in [1.29, 1.82) is 0 Å². The van der Waals surface area contributed by atoms with Crippen molar-refractivity contribution in [3.8, 4) is 0 Å². The van der Waals surface area contributed by atoms with Gasteiger partial charge in [-0.25, -0.2) is 0 Å². The predicted molar refractivity (Wildman–Crippen MR) is 74.5 cm³/mol. The summed E-state index contributed by atoms with van der Waals surface area (Å²) in [5.74, 6) is 0.176. The van der Waals surface area contributed by atoms with E-state index in [0.29, 0.717) is 13.0 Å². The summed E-state index contributed by atoms with van der Waals surface area (Å²) >= 11 is 0. The molecule has 1 amide bonds. The van der Waals surface area contributed by atoms with Gasteiger partial charge >= 0.3 is 0 Å². The number of likely N-dealkylation sites (N-methyl/N-ethyl adjacent to an activating group) is 1. The lowest BCUT2D eigenvalue weighted by molar-refractivity contribution is -0.131. The molecule has 0 radical (unpaired) electrons. The van der Waals surface area contributed by atoms with Gasteiger partial charge in [0.2, 0.25) is 5.91 Å². The zero-order valence-corrected chi connectivity index (χ0v) is 11.6. The average molecular weight is 262 g/mol. The quantitative estimate of drug-likeness (QED) is 0.904. The molecule has 2 unspecified atom stereocenters. The van der Waals surface area contributed by atoms with E-state index >= 15 is 0 Å². The number of carbonyl (C=O) groups is 1. The molecular formula is C15H22N2O2. The van der Waals surface area contributed by atoms with Gasteiger partial charge < -0.3 is 15.4 Å². The predicted octanol–water partition coefficient (Wildman–Crippen LogP) is 1.84. The first-order chi connectivity index (χ1) is 9.13. The monoisotopic (exact) mass is 262 g/mol. The van der Waals surface area contributed by atoms with Crippen molar-refractivity contribution < 1.29 is 9.53 Å². The summed E-state index contributed by atoms with van der Waals surface area (Å²) in [6.07, 6.45) is 2.35. The fourth-order valence-electron chi connectivity index (χ4n) is 2.77. The molecule has 19 heavy (non-hydrogen) atoms. The maximum Gasteiger partial charge on any atom is 0.222 e. The van der Waals surface area contributed by atoms with E-state index in [0.717, 1.165) is 24.0 Å². The van der Waals surface area contributed by atoms with Gasteiger partial charge in [0, 0.05) is 26.6 Å². The van der Waals surface area contributed by atoms with E-state index in [-0.39, 0.29) is 18.0 Å². The third-order valence-electron chi connectivity index (χ3n) is 3.75. The Morgan fingerprint density at radius 1 is 1.47 bits per heavy atom. The molecule has 1 aliphatic rings. The fraction of sp³-hybridized carbons (Fsp3) is 0.533. The molecule has 1 aromatic carbocycles. The first-order valence-electron chi connectivity index (χ1n) is 6.72. The van der Waals surface area contributed by atoms with Crippen molar-refractivity contribution in [2.24, 2.45) is 5.73 Å². The van der Waals surface area contributed by atoms with Gasteiger partial charge in [0.05, 0.1) is 12.6 Å². The molecule has 0 aromatic heterocycles. The Balaban J connectivity index is 2.30. The zero-order chi connectivity index (χ0) is 13.8. The Labute approximate surface area is 114 Å². The number of hydrogen-bond acceptors (Lipinski definition) is 3. The Morgan fingerprint density at radius 3 is 3.00 bits per heavy atom. The summed E-state index contributed by atoms with van der Waals surface area (Å²) in [4.78, 5) is 13.8. The van der Waals surface area contributed by atoms with Gasteiger partial charge in [0.1, 0.15) is 0 Å². The highest BCUT2D eigenvalue weighted by atomic mass is 16.5. The summed E-state index contributed by atoms with van der Waals surface area (Å²) < 4.78 is 5.16. The summed E-state index contributed by atoms with van der Waals surface area (Å²) in [7, 11) is 3.53. The number of rotatable bonds is 3. The molecule has 4 nitrogen and oxygen atoms in total. The van der Waals surface area contributed by atoms with Gasteiger partial charge in [-0.2, -0.15) is 0 Å². The Kier molecular flexibility index (Phi) is 4.56. The molecule has 0 bridgehead atoms. The standard InChI is InChI=1S/C15H22N2O2/c1-17-14(18)8-4-7-13(16)15(17)12-6-3-5-11(9-12)10-19-2/h3,5-6,9,13,15H,4,7-8,10,16H2,1-2H3. The van der Waals surface area contributed by atoms with Gasteiger partial charge in [-0.15, -0.1) is 0 Å². The fourth-order valence-corrected chi connectivity index (χ4v) is 2.77. The molecule has 4 heteroatoms. The number of ether oxygens (including phenoxy) is 1. The molecule has 1 aliphatic heterocycles. The summed E-state index contributed by atoms with van der Waals surface area (Å²) in [5.41, 5.74) is 8.47. The highest BCUT2D eigenvalue weighted by Gasteiger charge is 2.30. The van der Waals surface area contributed by atoms with E-state index in [4.69, 9.17) is 10.5 Å². The van der Waals surface area contributed by atoms with Gasteiger partial charge in [-0.1, -0.05) is 24.3 Å². The topological polar surface area (TPSA) is 55.6 Å². The van der Waals surface area contributed by atoms with Crippen LogP contribution in [-0.2, 0) is 16.1 Å². The normalized spacial score (nSPS) is 24.4. The second kappa shape index (κ2) is 6.17. The van der Waals surface area contributed by atoms with Crippen LogP contribution in [0.2, 0.25) is 0 Å². The minimum absolute atomic E-state index is 0.00533. The van der Waals surface area contributed by atoms with Crippen molar-refractivity contribution in [3.63, 3.8) is 0 Å². The lowest BCUT2D eigenvalue weighted by Gasteiger charge is -2.31. The Morgan fingerprint density at radius 2 is 2.26 bits per heavy atom. The molecule has 0 spiro atoms. The largest absolute Gasteiger partial charge is 0.380 e. The number of likely N-dealkylation sites (tertiary alicyclic amines) is 1. The molecule has 1 heterocycles. The lowest BCUT2D eigenvalue weighted by Crippen LogP contribution is -2.39. The second-order valence-electron chi connectivity index (χ2n) is 5.18. The zero-order valence-electron chi connectivity index (χ0n) is 11.6. The summed E-state index contributed by atoms with van der Waals surface area (Å²) in [5, 5.41) is 0. The molecule has 2 atom stereocenters. The molecule has 104 valence electrons. The Bertz CT molecular complexity index is 448. The van der Waals surface area contributed by atoms with Crippen LogP contribution in [0.4, 0.5) is 0 Å². The maximum atomic E-state index is 12.0. The number of hydrogen-bond donors (Lipinski definition) is 1. The van der Waals surface area contributed by atoms with E-state index in [9.17, 15) is 4.79 Å². The van der Waals surface area contributed by atoms with E-state index in [1.807, 2.05) is 25.2 Å². The molecule has 0 saturated carbocycles. The smallest absolute Gasteiger partial charge is 0.222 e. The third-order valence-corrected chi connectivity index (χ3v) is 3.75. The van der Waals surface area contributed by atoms with Gasteiger partial charge in [-0.05, 0) is 24.0 Å². The van der Waals surface area contributed by atoms with Crippen molar-refractivity contribution in [2.75, 3.05) is 14.2 Å². The number of amides is 1. The van der Waals surface area contributed by atoms with Crippen LogP contribution in [0.3, 0.4) is 0 Å². The number of carbonyl (C=O) groups excluding carboxylic acids is 1. The van der Waals surface area contributed by atoms with Crippen molar-refractivity contribution in [3.05, 3.63) is 35.4 Å². The van der Waals surface area contributed by atoms with Crippen LogP contribution in [0, 0.1) is 0 Å². The van der Waals surface area contributed by atoms with Gasteiger partial charge in [-0.3, -0.25) is 4.79 Å². The van der Waals surface area contributed by atoms with Crippen LogP contribution in [0.25, 0.3) is 0 Å². The molecule has 1 saturated heterocycles. The molecule has 2 rings (SSSR count). The third kappa shape index (κ3) is 3.14. The van der Waals surface area contributed by atoms with Gasteiger partial charge in [0.15, 0.2) is 0 Å². The van der Waals surface area contributed by atoms with Crippen LogP contribution in [-0.4, -0.2) is 31.0 Å². The van der Waals surface area contributed by atoms with Crippen LogP contribution >= 0.6 is 0 Å². The van der Waals surface area contributed by atoms with Crippen molar-refractivity contribution >= 4 is 5.91 Å². The van der Waals surface area contributed by atoms with E-state index in [2.05, 4.69) is 6.07 Å². The number of nitrogens with zero attached hydrogens (tertiary/aromatic N) is 1. The van der Waals surface area contributed by atoms with Crippen molar-refractivity contribution in [2.45, 2.75) is 38.0 Å². The van der Waals surface area contributed by atoms with E-state index in [1.54, 1.807) is 12.0 Å². The van der Waals surface area contributed by atoms with Crippen LogP contribution < -0.4 is 5.73 Å². The van der Waals surface area contributed by atoms with Crippen LogP contribution in [0.5, 0.6) is 0 Å². The highest BCUT2D eigenvalue weighted by molar-refractivity contribution is 5.76. The summed E-state index contributed by atoms with van der Waals surface area (Å²) in [6, 6.07) is 8.11. The van der Waals surface area contributed by atoms with Crippen molar-refractivity contribution in [1.82, 2.24) is 4.90 Å². The van der Waals surface area contributed by atoms with E-state index in [1.165, 1.54) is 0 Å². The minimum atomic E-state index is -0.0354. The second-order valence-corrected chi connectivity index (χ2v) is 5.18. The highest BCUT2D eigenvalue weighted by Crippen LogP contribution is 2.29. The number of nitrogens with two attached hydrogens (primary N) is 1. The molecule has 1 fully saturated rings. The van der Waals surface area contributed by atoms with Gasteiger partial charge in [0.25, 0.3) is 0 Å². The van der Waals surface area contributed by atoms with Crippen LogP contribution in [0.15, 0.2) is 24.3 Å². The first kappa shape index (κ1) is 14.0. The first-order valence-corrected chi connectivity index (χ1v) is 6.72. The summed E-state index contributed by atoms with van der Waals surface area (Å²) in [6.45, 7) is 0.577. The lowest BCUT2D eigenvalue weighted by atomic mass is 9.95. The molecule has 0 aliphatic carbocycles. The molecule has 2 N–H and O–H groups in total. The SMILES string of the molecule is COCc1cccc(C2C(N)CCCC(=O)N2C)c1. The van der Waals surface area contributed by atoms with E-state index < -0.39 is 0 Å².